The van der Waals surface area contributed by atoms with Gasteiger partial charge in [-0.2, -0.15) is 5.10 Å². The number of pyridine rings is 1. The van der Waals surface area contributed by atoms with E-state index in [0.29, 0.717) is 5.75 Å². The van der Waals surface area contributed by atoms with Gasteiger partial charge in [0.1, 0.15) is 11.3 Å². The fraction of sp³-hybridized carbons (Fsp3) is 0.0625. The molecule has 0 aliphatic carbocycles. The Morgan fingerprint density at radius 3 is 3.00 bits per heavy atom. The largest absolute Gasteiger partial charge is 0.481 e. The van der Waals surface area contributed by atoms with E-state index in [-0.39, 0.29) is 12.5 Å². The summed E-state index contributed by atoms with van der Waals surface area (Å²) >= 11 is 4.89. The van der Waals surface area contributed by atoms with Crippen LogP contribution in [0.1, 0.15) is 4.88 Å². The minimum atomic E-state index is -0.329. The Morgan fingerprint density at radius 1 is 1.30 bits per heavy atom. The van der Waals surface area contributed by atoms with Crippen molar-refractivity contribution < 1.29 is 9.53 Å². The average molecular weight is 390 g/mol. The van der Waals surface area contributed by atoms with E-state index in [1.54, 1.807) is 18.5 Å². The second-order valence-electron chi connectivity index (χ2n) is 4.56. The highest BCUT2D eigenvalue weighted by Crippen LogP contribution is 2.22. The van der Waals surface area contributed by atoms with Crippen molar-refractivity contribution in [3.05, 3.63) is 57.3 Å². The quantitative estimate of drug-likeness (QED) is 0.535. The molecule has 5 nitrogen and oxygen atoms in total. The summed E-state index contributed by atoms with van der Waals surface area (Å²) in [7, 11) is 0. The van der Waals surface area contributed by atoms with E-state index >= 15 is 0 Å². The Labute approximate surface area is 145 Å². The van der Waals surface area contributed by atoms with Crippen LogP contribution in [0.3, 0.4) is 0 Å². The van der Waals surface area contributed by atoms with Crippen molar-refractivity contribution in [1.82, 2.24) is 10.4 Å². The number of nitrogens with one attached hydrogen (secondary N) is 1. The number of hydrogen-bond acceptors (Lipinski definition) is 5. The van der Waals surface area contributed by atoms with E-state index in [4.69, 9.17) is 4.74 Å². The Bertz CT molecular complexity index is 858. The van der Waals surface area contributed by atoms with Crippen molar-refractivity contribution in [3.8, 4) is 5.75 Å². The van der Waals surface area contributed by atoms with Crippen LogP contribution in [0.25, 0.3) is 10.9 Å². The first-order valence-corrected chi connectivity index (χ1v) is 8.37. The zero-order chi connectivity index (χ0) is 16.1. The molecule has 0 fully saturated rings. The van der Waals surface area contributed by atoms with E-state index in [1.165, 1.54) is 11.3 Å². The smallest absolute Gasteiger partial charge is 0.277 e. The lowest BCUT2D eigenvalue weighted by molar-refractivity contribution is -0.123. The number of para-hydroxylation sites is 1. The second kappa shape index (κ2) is 7.34. The number of halogens is 1. The monoisotopic (exact) mass is 389 g/mol. The van der Waals surface area contributed by atoms with Crippen LogP contribution in [0, 0.1) is 0 Å². The lowest BCUT2D eigenvalue weighted by Crippen LogP contribution is -2.24. The van der Waals surface area contributed by atoms with Crippen molar-refractivity contribution in [1.29, 1.82) is 0 Å². The molecule has 3 rings (SSSR count). The van der Waals surface area contributed by atoms with Gasteiger partial charge in [-0.15, -0.1) is 11.3 Å². The Balaban J connectivity index is 1.57. The van der Waals surface area contributed by atoms with Gasteiger partial charge < -0.3 is 4.74 Å². The molecule has 2 aromatic heterocycles. The highest BCUT2D eigenvalue weighted by atomic mass is 79.9. The molecule has 1 amide bonds. The van der Waals surface area contributed by atoms with Gasteiger partial charge in [0.25, 0.3) is 5.91 Å². The third-order valence-electron chi connectivity index (χ3n) is 2.93. The number of rotatable bonds is 5. The molecule has 0 bridgehead atoms. The molecule has 1 aromatic carbocycles. The van der Waals surface area contributed by atoms with E-state index in [9.17, 15) is 4.79 Å². The van der Waals surface area contributed by atoms with Crippen LogP contribution in [-0.2, 0) is 4.79 Å². The zero-order valence-electron chi connectivity index (χ0n) is 11.9. The first kappa shape index (κ1) is 15.6. The van der Waals surface area contributed by atoms with Crippen LogP contribution >= 0.6 is 27.3 Å². The average Bonchev–Trinajstić information content (AvgIpc) is 2.98. The van der Waals surface area contributed by atoms with Crippen molar-refractivity contribution in [3.63, 3.8) is 0 Å². The molecule has 116 valence electrons. The number of ether oxygens (including phenoxy) is 1. The molecule has 0 aliphatic rings. The minimum absolute atomic E-state index is 0.124. The highest BCUT2D eigenvalue weighted by molar-refractivity contribution is 9.11. The number of thiophene rings is 1. The molecular formula is C16H12BrN3O2S. The number of hydrogen-bond donors (Lipinski definition) is 1. The summed E-state index contributed by atoms with van der Waals surface area (Å²) in [5.74, 6) is 0.245. The molecule has 7 heteroatoms. The molecule has 0 aliphatic heterocycles. The highest BCUT2D eigenvalue weighted by Gasteiger charge is 2.05. The van der Waals surface area contributed by atoms with Crippen LogP contribution < -0.4 is 10.2 Å². The maximum atomic E-state index is 11.8. The van der Waals surface area contributed by atoms with Gasteiger partial charge in [0.05, 0.1) is 10.0 Å². The number of nitrogens with zero attached hydrogens (tertiary/aromatic N) is 2. The first-order valence-electron chi connectivity index (χ1n) is 6.76. The van der Waals surface area contributed by atoms with Crippen molar-refractivity contribution in [2.45, 2.75) is 0 Å². The number of hydrazone groups is 1. The predicted molar refractivity (Wildman–Crippen MR) is 95.0 cm³/mol. The van der Waals surface area contributed by atoms with E-state index in [1.807, 2.05) is 36.4 Å². The fourth-order valence-electron chi connectivity index (χ4n) is 1.93. The molecular weight excluding hydrogens is 378 g/mol. The predicted octanol–water partition coefficient (Wildman–Crippen LogP) is 3.59. The van der Waals surface area contributed by atoms with E-state index < -0.39 is 0 Å². The lowest BCUT2D eigenvalue weighted by atomic mass is 10.2. The van der Waals surface area contributed by atoms with Crippen LogP contribution in [-0.4, -0.2) is 23.7 Å². The van der Waals surface area contributed by atoms with Gasteiger partial charge in [-0.05, 0) is 40.2 Å². The third-order valence-corrected chi connectivity index (χ3v) is 4.49. The third kappa shape index (κ3) is 4.14. The molecule has 0 radical (unpaired) electrons. The molecule has 0 unspecified atom stereocenters. The summed E-state index contributed by atoms with van der Waals surface area (Å²) < 4.78 is 6.55. The number of carbonyl (C=O) groups is 1. The Morgan fingerprint density at radius 2 is 2.17 bits per heavy atom. The molecule has 0 saturated heterocycles. The van der Waals surface area contributed by atoms with Crippen molar-refractivity contribution in [2.24, 2.45) is 5.10 Å². The van der Waals surface area contributed by atoms with Crippen LogP contribution in [0.2, 0.25) is 0 Å². The molecule has 2 heterocycles. The Hall–Kier alpha value is -2.25. The SMILES string of the molecule is O=C(COc1cccc2cccnc12)N/N=C\c1ccc(Br)s1. The zero-order valence-corrected chi connectivity index (χ0v) is 14.3. The molecule has 0 saturated carbocycles. The van der Waals surface area contributed by atoms with Crippen LogP contribution in [0.15, 0.2) is 57.5 Å². The molecule has 1 N–H and O–H groups in total. The maximum Gasteiger partial charge on any atom is 0.277 e. The van der Waals surface area contributed by atoms with Gasteiger partial charge in [-0.3, -0.25) is 9.78 Å². The van der Waals surface area contributed by atoms with Gasteiger partial charge >= 0.3 is 0 Å². The number of aromatic nitrogens is 1. The molecule has 0 atom stereocenters. The van der Waals surface area contributed by atoms with Gasteiger partial charge in [-0.1, -0.05) is 18.2 Å². The number of benzene rings is 1. The van der Waals surface area contributed by atoms with Crippen LogP contribution in [0.5, 0.6) is 5.75 Å². The van der Waals surface area contributed by atoms with Crippen molar-refractivity contribution in [2.75, 3.05) is 6.61 Å². The van der Waals surface area contributed by atoms with E-state index in [0.717, 1.165) is 19.6 Å². The minimum Gasteiger partial charge on any atom is -0.481 e. The Kier molecular flexibility index (Phi) is 4.99. The number of carbonyl (C=O) groups excluding carboxylic acids is 1. The van der Waals surface area contributed by atoms with Crippen LogP contribution in [0.4, 0.5) is 0 Å². The summed E-state index contributed by atoms with van der Waals surface area (Å²) in [5, 5.41) is 4.86. The molecule has 23 heavy (non-hydrogen) atoms. The number of amides is 1. The normalized spacial score (nSPS) is 11.0. The van der Waals surface area contributed by atoms with Gasteiger partial charge in [-0.25, -0.2) is 5.43 Å². The number of fused-ring (bicyclic) bond motifs is 1. The van der Waals surface area contributed by atoms with Crippen molar-refractivity contribution >= 4 is 50.3 Å². The lowest BCUT2D eigenvalue weighted by Gasteiger charge is -2.07. The second-order valence-corrected chi connectivity index (χ2v) is 7.05. The summed E-state index contributed by atoms with van der Waals surface area (Å²) in [4.78, 5) is 17.0. The molecule has 3 aromatic rings. The van der Waals surface area contributed by atoms with E-state index in [2.05, 4.69) is 31.4 Å². The standard InChI is InChI=1S/C16H12BrN3O2S/c17-14-7-6-12(23-14)9-19-20-15(21)10-22-13-5-1-3-11-4-2-8-18-16(11)13/h1-9H,10H2,(H,20,21)/b19-9-. The molecule has 0 spiro atoms. The summed E-state index contributed by atoms with van der Waals surface area (Å²) in [6.45, 7) is -0.124. The van der Waals surface area contributed by atoms with Gasteiger partial charge in [0.2, 0.25) is 0 Å². The summed E-state index contributed by atoms with van der Waals surface area (Å²) in [6.07, 6.45) is 3.28. The topological polar surface area (TPSA) is 63.6 Å². The fourth-order valence-corrected chi connectivity index (χ4v) is 3.23. The first-order chi connectivity index (χ1) is 11.2. The summed E-state index contributed by atoms with van der Waals surface area (Å²) in [5.41, 5.74) is 3.17. The van der Waals surface area contributed by atoms with Gasteiger partial charge in [0.15, 0.2) is 6.61 Å². The summed E-state index contributed by atoms with van der Waals surface area (Å²) in [6, 6.07) is 13.2. The van der Waals surface area contributed by atoms with Gasteiger partial charge in [0, 0.05) is 16.5 Å². The maximum absolute atomic E-state index is 11.8.